The van der Waals surface area contributed by atoms with Crippen LogP contribution in [0.3, 0.4) is 0 Å². The van der Waals surface area contributed by atoms with Gasteiger partial charge in [0.1, 0.15) is 24.0 Å². The number of nitrogens with zero attached hydrogens (tertiary/aromatic N) is 1. The number of rotatable bonds is 7. The Morgan fingerprint density at radius 3 is 2.50 bits per heavy atom. The van der Waals surface area contributed by atoms with Gasteiger partial charge >= 0.3 is 7.82 Å². The van der Waals surface area contributed by atoms with Crippen LogP contribution in [0, 0.1) is 19.7 Å². The van der Waals surface area contributed by atoms with Crippen molar-refractivity contribution < 1.29 is 32.8 Å². The number of phosphoric acid groups is 1. The van der Waals surface area contributed by atoms with Crippen LogP contribution in [-0.2, 0) is 15.8 Å². The van der Waals surface area contributed by atoms with Crippen LogP contribution in [0.1, 0.15) is 21.5 Å². The van der Waals surface area contributed by atoms with Crippen LogP contribution in [0.25, 0.3) is 0 Å². The third-order valence-electron chi connectivity index (χ3n) is 4.36. The van der Waals surface area contributed by atoms with Gasteiger partial charge in [-0.1, -0.05) is 6.07 Å². The molecule has 0 aliphatic carbocycles. The van der Waals surface area contributed by atoms with E-state index in [1.807, 2.05) is 6.92 Å². The fraction of sp³-hybridized carbons (Fsp3) is 0.143. The molecule has 9 nitrogen and oxygen atoms in total. The quantitative estimate of drug-likeness (QED) is 0.457. The SMILES string of the molecule is Cc1ccc(C(=O)Nc2ccn(COP(=O)(O)O)c(=O)c2)c(Oc2ccc(F)cc2C)c1. The van der Waals surface area contributed by atoms with E-state index in [-0.39, 0.29) is 17.0 Å². The van der Waals surface area contributed by atoms with Crippen LogP contribution < -0.4 is 15.6 Å². The number of ether oxygens (including phenoxy) is 1. The van der Waals surface area contributed by atoms with Gasteiger partial charge in [0.05, 0.1) is 5.56 Å². The van der Waals surface area contributed by atoms with Crippen molar-refractivity contribution in [3.05, 3.63) is 87.6 Å². The number of nitrogens with one attached hydrogen (secondary N) is 1. The van der Waals surface area contributed by atoms with E-state index in [1.54, 1.807) is 25.1 Å². The van der Waals surface area contributed by atoms with Crippen LogP contribution in [0.2, 0.25) is 0 Å². The lowest BCUT2D eigenvalue weighted by molar-refractivity contribution is 0.102. The topological polar surface area (TPSA) is 127 Å². The minimum Gasteiger partial charge on any atom is -0.456 e. The number of anilines is 1. The van der Waals surface area contributed by atoms with Gasteiger partial charge in [-0.2, -0.15) is 0 Å². The zero-order chi connectivity index (χ0) is 23.5. The van der Waals surface area contributed by atoms with Crippen LogP contribution in [0.4, 0.5) is 10.1 Å². The summed E-state index contributed by atoms with van der Waals surface area (Å²) in [6.07, 6.45) is 1.22. The largest absolute Gasteiger partial charge is 0.471 e. The molecule has 0 aliphatic heterocycles. The molecule has 0 atom stereocenters. The first-order valence-corrected chi connectivity index (χ1v) is 10.8. The van der Waals surface area contributed by atoms with E-state index in [4.69, 9.17) is 14.5 Å². The Balaban J connectivity index is 1.81. The number of halogens is 1. The zero-order valence-electron chi connectivity index (χ0n) is 17.1. The molecule has 0 radical (unpaired) electrons. The van der Waals surface area contributed by atoms with Crippen molar-refractivity contribution in [3.8, 4) is 11.5 Å². The molecular formula is C21H20FN2O7P. The number of carbonyl (C=O) groups is 1. The second-order valence-electron chi connectivity index (χ2n) is 6.94. The molecule has 32 heavy (non-hydrogen) atoms. The molecule has 2 aromatic carbocycles. The summed E-state index contributed by atoms with van der Waals surface area (Å²) in [7, 11) is -4.73. The lowest BCUT2D eigenvalue weighted by atomic mass is 10.1. The molecule has 168 valence electrons. The fourth-order valence-electron chi connectivity index (χ4n) is 2.78. The second-order valence-corrected chi connectivity index (χ2v) is 8.18. The van der Waals surface area contributed by atoms with Gasteiger partial charge in [-0.3, -0.25) is 18.7 Å². The molecule has 3 N–H and O–H groups in total. The molecule has 1 heterocycles. The van der Waals surface area contributed by atoms with E-state index in [0.29, 0.717) is 11.3 Å². The summed E-state index contributed by atoms with van der Waals surface area (Å²) in [5.41, 5.74) is 1.10. The summed E-state index contributed by atoms with van der Waals surface area (Å²) < 4.78 is 35.2. The molecule has 3 rings (SSSR count). The van der Waals surface area contributed by atoms with Gasteiger partial charge in [-0.15, -0.1) is 0 Å². The van der Waals surface area contributed by atoms with Crippen LogP contribution >= 0.6 is 7.82 Å². The molecular weight excluding hydrogens is 442 g/mol. The molecule has 3 aromatic rings. The van der Waals surface area contributed by atoms with E-state index in [2.05, 4.69) is 9.84 Å². The summed E-state index contributed by atoms with van der Waals surface area (Å²) >= 11 is 0. The van der Waals surface area contributed by atoms with E-state index < -0.39 is 31.8 Å². The highest BCUT2D eigenvalue weighted by molar-refractivity contribution is 7.46. The maximum Gasteiger partial charge on any atom is 0.471 e. The molecule has 1 aromatic heterocycles. The van der Waals surface area contributed by atoms with Gasteiger partial charge in [0.2, 0.25) is 0 Å². The summed E-state index contributed by atoms with van der Waals surface area (Å²) in [4.78, 5) is 42.4. The Labute approximate surface area is 182 Å². The van der Waals surface area contributed by atoms with Crippen molar-refractivity contribution in [3.63, 3.8) is 0 Å². The minimum absolute atomic E-state index is 0.164. The Hall–Kier alpha value is -3.30. The van der Waals surface area contributed by atoms with E-state index in [1.165, 1.54) is 30.5 Å². The Kier molecular flexibility index (Phi) is 6.90. The molecule has 0 fully saturated rings. The molecule has 1 amide bonds. The van der Waals surface area contributed by atoms with Crippen molar-refractivity contribution in [1.82, 2.24) is 4.57 Å². The number of benzene rings is 2. The number of phosphoric ester groups is 1. The number of pyridine rings is 1. The van der Waals surface area contributed by atoms with Gasteiger partial charge in [0.15, 0.2) is 0 Å². The average Bonchev–Trinajstić information content (AvgIpc) is 2.69. The lowest BCUT2D eigenvalue weighted by Crippen LogP contribution is -2.21. The highest BCUT2D eigenvalue weighted by Gasteiger charge is 2.17. The highest BCUT2D eigenvalue weighted by Crippen LogP contribution is 2.36. The standard InChI is InChI=1S/C21H20FN2O7P/c1-13-3-5-17(19(9-13)31-18-6-4-15(22)10-14(18)2)21(26)23-16-7-8-24(20(25)11-16)12-30-32(27,28)29/h3-11H,12H2,1-2H3,(H,23,26)(H2,27,28,29). The number of carbonyl (C=O) groups excluding carboxylic acids is 1. The molecule has 11 heteroatoms. The highest BCUT2D eigenvalue weighted by atomic mass is 31.2. The monoisotopic (exact) mass is 462 g/mol. The fourth-order valence-corrected chi connectivity index (χ4v) is 3.05. The second kappa shape index (κ2) is 9.46. The lowest BCUT2D eigenvalue weighted by Gasteiger charge is -2.14. The summed E-state index contributed by atoms with van der Waals surface area (Å²) in [6.45, 7) is 2.86. The maximum absolute atomic E-state index is 13.4. The van der Waals surface area contributed by atoms with Gasteiger partial charge < -0.3 is 19.8 Å². The third kappa shape index (κ3) is 6.12. The van der Waals surface area contributed by atoms with Gasteiger partial charge in [0.25, 0.3) is 11.5 Å². The van der Waals surface area contributed by atoms with Crippen molar-refractivity contribution in [2.24, 2.45) is 0 Å². The summed E-state index contributed by atoms with van der Waals surface area (Å²) in [5, 5.41) is 2.58. The Morgan fingerprint density at radius 2 is 1.84 bits per heavy atom. The van der Waals surface area contributed by atoms with Crippen LogP contribution in [-0.4, -0.2) is 20.3 Å². The molecule has 0 spiro atoms. The number of hydrogen-bond acceptors (Lipinski definition) is 5. The number of aryl methyl sites for hydroxylation is 2. The summed E-state index contributed by atoms with van der Waals surface area (Å²) in [5.74, 6) is -0.319. The number of hydrogen-bond donors (Lipinski definition) is 3. The summed E-state index contributed by atoms with van der Waals surface area (Å²) in [6, 6.07) is 11.4. The predicted molar refractivity (Wildman–Crippen MR) is 114 cm³/mol. The van der Waals surface area contributed by atoms with Crippen molar-refractivity contribution in [2.75, 3.05) is 5.32 Å². The predicted octanol–water partition coefficient (Wildman–Crippen LogP) is 3.72. The van der Waals surface area contributed by atoms with Crippen molar-refractivity contribution in [2.45, 2.75) is 20.6 Å². The van der Waals surface area contributed by atoms with Crippen molar-refractivity contribution >= 4 is 19.4 Å². The number of amides is 1. The van der Waals surface area contributed by atoms with Crippen molar-refractivity contribution in [1.29, 1.82) is 0 Å². The first-order chi connectivity index (χ1) is 15.0. The van der Waals surface area contributed by atoms with Gasteiger partial charge in [-0.05, 0) is 61.4 Å². The molecule has 0 saturated heterocycles. The van der Waals surface area contributed by atoms with Gasteiger partial charge in [0, 0.05) is 18.0 Å². The third-order valence-corrected chi connectivity index (χ3v) is 4.81. The average molecular weight is 462 g/mol. The zero-order valence-corrected chi connectivity index (χ0v) is 18.0. The minimum atomic E-state index is -4.73. The Bertz CT molecular complexity index is 1270. The van der Waals surface area contributed by atoms with E-state index >= 15 is 0 Å². The Morgan fingerprint density at radius 1 is 1.09 bits per heavy atom. The first-order valence-electron chi connectivity index (χ1n) is 9.28. The smallest absolute Gasteiger partial charge is 0.456 e. The van der Waals surface area contributed by atoms with Gasteiger partial charge in [-0.25, -0.2) is 8.96 Å². The molecule has 0 saturated carbocycles. The normalized spacial score (nSPS) is 11.3. The van der Waals surface area contributed by atoms with Crippen LogP contribution in [0.5, 0.6) is 11.5 Å². The van der Waals surface area contributed by atoms with Crippen LogP contribution in [0.15, 0.2) is 59.5 Å². The molecule has 0 aliphatic rings. The number of aromatic nitrogens is 1. The van der Waals surface area contributed by atoms with E-state index in [0.717, 1.165) is 16.2 Å². The van der Waals surface area contributed by atoms with E-state index in [9.17, 15) is 18.5 Å². The molecule has 0 bridgehead atoms. The molecule has 0 unspecified atom stereocenters. The maximum atomic E-state index is 13.4. The first kappa shape index (κ1) is 23.4.